The number of alkyl carbamates (subject to hydrolysis) is 1. The van der Waals surface area contributed by atoms with Crippen molar-refractivity contribution in [3.63, 3.8) is 0 Å². The highest BCUT2D eigenvalue weighted by atomic mass is 16.7. The first-order valence-corrected chi connectivity index (χ1v) is 16.6. The Balaban J connectivity index is 1.11. The Morgan fingerprint density at radius 2 is 1.62 bits per heavy atom. The number of likely N-dealkylation sites (tertiary alicyclic amines) is 2. The average molecular weight is 658 g/mol. The van der Waals surface area contributed by atoms with Gasteiger partial charge in [-0.1, -0.05) is 85.8 Å². The first-order valence-electron chi connectivity index (χ1n) is 16.6. The molecule has 0 aliphatic carbocycles. The molecule has 3 aliphatic heterocycles. The summed E-state index contributed by atoms with van der Waals surface area (Å²) in [5.74, 6) is -0.828. The van der Waals surface area contributed by atoms with E-state index in [2.05, 4.69) is 17.1 Å². The summed E-state index contributed by atoms with van der Waals surface area (Å²) in [5.41, 5.74) is 4.17. The summed E-state index contributed by atoms with van der Waals surface area (Å²) in [6.07, 6.45) is 0.0232. The number of amides is 3. The van der Waals surface area contributed by atoms with Crippen LogP contribution in [0.15, 0.2) is 78.9 Å². The zero-order chi connectivity index (χ0) is 33.6. The molecule has 6 atom stereocenters. The van der Waals surface area contributed by atoms with E-state index in [1.807, 2.05) is 78.9 Å². The molecule has 3 saturated heterocycles. The quantitative estimate of drug-likeness (QED) is 0.262. The van der Waals surface area contributed by atoms with Gasteiger partial charge in [-0.15, -0.1) is 0 Å². The van der Waals surface area contributed by atoms with Gasteiger partial charge in [0.2, 0.25) is 5.91 Å². The van der Waals surface area contributed by atoms with Gasteiger partial charge in [0, 0.05) is 24.1 Å². The second-order valence-corrected chi connectivity index (χ2v) is 12.8. The molecule has 11 heteroatoms. The summed E-state index contributed by atoms with van der Waals surface area (Å²) in [5, 5.41) is 22.0. The number of carbonyl (C=O) groups excluding carboxylic acids is 3. The van der Waals surface area contributed by atoms with E-state index >= 15 is 0 Å². The van der Waals surface area contributed by atoms with Crippen molar-refractivity contribution in [1.29, 1.82) is 0 Å². The van der Waals surface area contributed by atoms with Crippen LogP contribution in [0.5, 0.6) is 0 Å². The minimum absolute atomic E-state index is 0.0183. The van der Waals surface area contributed by atoms with Gasteiger partial charge in [0.1, 0.15) is 12.6 Å². The first-order chi connectivity index (χ1) is 23.3. The Morgan fingerprint density at radius 3 is 2.33 bits per heavy atom. The third-order valence-corrected chi connectivity index (χ3v) is 9.59. The van der Waals surface area contributed by atoms with E-state index < -0.39 is 24.3 Å². The SMILES string of the molecule is C[C@@H]1[C@H](CN2CCC[C@H]2CO)O[C@H](c2ccc(CN3C(=O)CC(NC(=O)OCc4ccccc4)C3=O)cc2)O[C@@H]1c1ccc(CO)cc1. The molecule has 3 amide bonds. The summed E-state index contributed by atoms with van der Waals surface area (Å²) in [6.45, 7) is 3.91. The van der Waals surface area contributed by atoms with Crippen molar-refractivity contribution < 1.29 is 38.8 Å². The smallest absolute Gasteiger partial charge is 0.408 e. The summed E-state index contributed by atoms with van der Waals surface area (Å²) in [7, 11) is 0. The van der Waals surface area contributed by atoms with Crippen molar-refractivity contribution in [3.05, 3.63) is 107 Å². The second kappa shape index (κ2) is 15.4. The molecule has 3 aromatic rings. The van der Waals surface area contributed by atoms with Crippen LogP contribution in [0.2, 0.25) is 0 Å². The number of nitrogens with zero attached hydrogens (tertiary/aromatic N) is 2. The number of nitrogens with one attached hydrogen (secondary N) is 1. The minimum Gasteiger partial charge on any atom is -0.445 e. The number of hydrogen-bond acceptors (Lipinski definition) is 9. The minimum atomic E-state index is -0.979. The molecule has 0 saturated carbocycles. The molecule has 6 rings (SSSR count). The lowest BCUT2D eigenvalue weighted by Crippen LogP contribution is -2.46. The molecule has 11 nitrogen and oxygen atoms in total. The largest absolute Gasteiger partial charge is 0.445 e. The zero-order valence-corrected chi connectivity index (χ0v) is 27.1. The molecule has 0 spiro atoms. The lowest BCUT2D eigenvalue weighted by atomic mass is 9.90. The summed E-state index contributed by atoms with van der Waals surface area (Å²) >= 11 is 0. The molecule has 0 bridgehead atoms. The van der Waals surface area contributed by atoms with Crippen molar-refractivity contribution in [2.45, 2.75) is 76.5 Å². The predicted molar refractivity (Wildman–Crippen MR) is 175 cm³/mol. The Hall–Kier alpha value is -4.13. The van der Waals surface area contributed by atoms with Gasteiger partial charge in [-0.2, -0.15) is 0 Å². The van der Waals surface area contributed by atoms with Crippen LogP contribution in [-0.2, 0) is 43.6 Å². The Kier molecular flexibility index (Phi) is 10.8. The fourth-order valence-electron chi connectivity index (χ4n) is 6.73. The standard InChI is InChI=1S/C37H43N3O8/c1-24-32(20-39-17-5-8-30(39)22-42)47-36(48-34(24)28-13-11-26(21-41)12-14-28)29-15-9-25(10-16-29)19-40-33(43)18-31(35(40)44)38-37(45)46-23-27-6-3-2-4-7-27/h2-4,6-7,9-16,24,30-32,34,36,41-42H,5,8,17-23H2,1H3,(H,38,45)/t24-,30+,31?,32+,34+,36+/m1/s1. The Bertz CT molecular complexity index is 1550. The molecule has 3 N–H and O–H groups in total. The van der Waals surface area contributed by atoms with Gasteiger partial charge < -0.3 is 29.7 Å². The van der Waals surface area contributed by atoms with Gasteiger partial charge in [-0.25, -0.2) is 4.79 Å². The number of hydrogen-bond donors (Lipinski definition) is 3. The number of aliphatic hydroxyl groups is 2. The van der Waals surface area contributed by atoms with Crippen molar-refractivity contribution in [3.8, 4) is 0 Å². The number of benzene rings is 3. The van der Waals surface area contributed by atoms with E-state index in [9.17, 15) is 24.6 Å². The molecule has 48 heavy (non-hydrogen) atoms. The second-order valence-electron chi connectivity index (χ2n) is 12.8. The van der Waals surface area contributed by atoms with E-state index in [-0.39, 0.29) is 62.9 Å². The number of carbonyl (C=O) groups is 3. The fraction of sp³-hybridized carbons (Fsp3) is 0.432. The fourth-order valence-corrected chi connectivity index (χ4v) is 6.73. The third kappa shape index (κ3) is 7.77. The third-order valence-electron chi connectivity index (χ3n) is 9.59. The van der Waals surface area contributed by atoms with E-state index in [0.29, 0.717) is 6.54 Å². The van der Waals surface area contributed by atoms with Crippen LogP contribution in [-0.4, -0.2) is 75.8 Å². The van der Waals surface area contributed by atoms with Crippen LogP contribution >= 0.6 is 0 Å². The van der Waals surface area contributed by atoms with Gasteiger partial charge in [-0.05, 0) is 41.6 Å². The lowest BCUT2D eigenvalue weighted by molar-refractivity contribution is -0.276. The number of imide groups is 1. The number of rotatable bonds is 11. The van der Waals surface area contributed by atoms with Crippen LogP contribution in [0.4, 0.5) is 4.79 Å². The molecule has 0 radical (unpaired) electrons. The van der Waals surface area contributed by atoms with Gasteiger partial charge >= 0.3 is 6.09 Å². The van der Waals surface area contributed by atoms with Crippen molar-refractivity contribution in [1.82, 2.24) is 15.1 Å². The molecule has 254 valence electrons. The molecular formula is C37H43N3O8. The number of ether oxygens (including phenoxy) is 3. The molecule has 0 aromatic heterocycles. The van der Waals surface area contributed by atoms with Gasteiger partial charge in [0.05, 0.1) is 38.4 Å². The molecular weight excluding hydrogens is 614 g/mol. The maximum Gasteiger partial charge on any atom is 0.408 e. The molecule has 3 aromatic carbocycles. The lowest BCUT2D eigenvalue weighted by Gasteiger charge is -2.43. The van der Waals surface area contributed by atoms with Crippen LogP contribution in [0.3, 0.4) is 0 Å². The summed E-state index contributed by atoms with van der Waals surface area (Å²) in [4.78, 5) is 41.6. The van der Waals surface area contributed by atoms with Crippen LogP contribution in [0.1, 0.15) is 66.4 Å². The van der Waals surface area contributed by atoms with Crippen LogP contribution < -0.4 is 5.32 Å². The normalized spacial score (nSPS) is 26.2. The Morgan fingerprint density at radius 1 is 0.917 bits per heavy atom. The monoisotopic (exact) mass is 657 g/mol. The van der Waals surface area contributed by atoms with Gasteiger partial charge in [-0.3, -0.25) is 19.4 Å². The van der Waals surface area contributed by atoms with Crippen molar-refractivity contribution in [2.75, 3.05) is 19.7 Å². The van der Waals surface area contributed by atoms with E-state index in [0.717, 1.165) is 52.1 Å². The Labute approximate surface area is 280 Å². The maximum atomic E-state index is 13.1. The summed E-state index contributed by atoms with van der Waals surface area (Å²) in [6, 6.07) is 23.6. The topological polar surface area (TPSA) is 138 Å². The van der Waals surface area contributed by atoms with Crippen LogP contribution in [0, 0.1) is 5.92 Å². The number of aliphatic hydroxyl groups excluding tert-OH is 2. The molecule has 3 heterocycles. The first kappa shape index (κ1) is 33.8. The molecule has 3 aliphatic rings. The zero-order valence-electron chi connectivity index (χ0n) is 27.1. The van der Waals surface area contributed by atoms with E-state index in [1.54, 1.807) is 0 Å². The molecule has 3 fully saturated rings. The molecule has 1 unspecified atom stereocenters. The highest BCUT2D eigenvalue weighted by Crippen LogP contribution is 2.42. The van der Waals surface area contributed by atoms with E-state index in [4.69, 9.17) is 14.2 Å². The van der Waals surface area contributed by atoms with Gasteiger partial charge in [0.15, 0.2) is 6.29 Å². The summed E-state index contributed by atoms with van der Waals surface area (Å²) < 4.78 is 18.4. The van der Waals surface area contributed by atoms with Crippen molar-refractivity contribution in [2.24, 2.45) is 5.92 Å². The van der Waals surface area contributed by atoms with E-state index in [1.165, 1.54) is 0 Å². The predicted octanol–water partition coefficient (Wildman–Crippen LogP) is 3.98. The maximum absolute atomic E-state index is 13.1. The highest BCUT2D eigenvalue weighted by molar-refractivity contribution is 6.06. The average Bonchev–Trinajstić information content (AvgIpc) is 3.67. The highest BCUT2D eigenvalue weighted by Gasteiger charge is 2.41. The van der Waals surface area contributed by atoms with Gasteiger partial charge in [0.25, 0.3) is 5.91 Å². The van der Waals surface area contributed by atoms with Crippen molar-refractivity contribution >= 4 is 17.9 Å². The van der Waals surface area contributed by atoms with Crippen LogP contribution in [0.25, 0.3) is 0 Å².